The lowest BCUT2D eigenvalue weighted by atomic mass is 9.83. The molecule has 3 unspecified atom stereocenters. The van der Waals surface area contributed by atoms with E-state index in [1.165, 1.54) is 12.2 Å². The van der Waals surface area contributed by atoms with Gasteiger partial charge in [-0.1, -0.05) is 12.2 Å². The van der Waals surface area contributed by atoms with Gasteiger partial charge < -0.3 is 9.84 Å². The second-order valence-electron chi connectivity index (χ2n) is 4.71. The van der Waals surface area contributed by atoms with E-state index < -0.39 is 51.9 Å². The van der Waals surface area contributed by atoms with Crippen LogP contribution in [0.4, 0.5) is 13.2 Å². The molecule has 0 aromatic rings. The molecule has 1 aliphatic carbocycles. The van der Waals surface area contributed by atoms with Gasteiger partial charge in [-0.2, -0.15) is 21.6 Å². The molecule has 3 atom stereocenters. The molecule has 0 heterocycles. The van der Waals surface area contributed by atoms with Crippen LogP contribution in [0.3, 0.4) is 0 Å². The normalized spacial score (nSPS) is 23.8. The molecule has 0 radical (unpaired) electrons. The van der Waals surface area contributed by atoms with Crippen LogP contribution >= 0.6 is 0 Å². The minimum absolute atomic E-state index is 0.0515. The smallest absolute Gasteiger partial charge is 0.426 e. The van der Waals surface area contributed by atoms with Crippen LogP contribution in [-0.4, -0.2) is 48.0 Å². The van der Waals surface area contributed by atoms with Crippen LogP contribution in [-0.2, 0) is 24.4 Å². The molecule has 0 aliphatic heterocycles. The lowest BCUT2D eigenvalue weighted by Crippen LogP contribution is -2.42. The molecule has 0 saturated carbocycles. The molecule has 22 heavy (non-hydrogen) atoms. The van der Waals surface area contributed by atoms with Crippen molar-refractivity contribution >= 4 is 22.1 Å². The minimum atomic E-state index is -5.21. The van der Waals surface area contributed by atoms with Gasteiger partial charge in [0, 0.05) is 0 Å². The number of carbonyl (C=O) groups excluding carboxylic acids is 1. The Morgan fingerprint density at radius 1 is 1.23 bits per heavy atom. The lowest BCUT2D eigenvalue weighted by molar-refractivity contribution is -0.218. The van der Waals surface area contributed by atoms with Crippen molar-refractivity contribution in [1.82, 2.24) is 0 Å². The van der Waals surface area contributed by atoms with Crippen LogP contribution in [0, 0.1) is 11.8 Å². The first kappa shape index (κ1) is 18.4. The Morgan fingerprint density at radius 3 is 2.14 bits per heavy atom. The number of allylic oxidation sites excluding steroid dienone is 2. The number of carboxylic acids is 1. The molecule has 0 fully saturated rings. The predicted molar refractivity (Wildman–Crippen MR) is 65.3 cm³/mol. The van der Waals surface area contributed by atoms with Crippen molar-refractivity contribution in [3.63, 3.8) is 0 Å². The molecular weight excluding hydrogens is 333 g/mol. The molecule has 7 nitrogen and oxygen atoms in total. The number of ether oxygens (including phenoxy) is 1. The van der Waals surface area contributed by atoms with Crippen molar-refractivity contribution < 1.29 is 45.6 Å². The van der Waals surface area contributed by atoms with Crippen molar-refractivity contribution in [1.29, 1.82) is 0 Å². The van der Waals surface area contributed by atoms with Gasteiger partial charge in [0.15, 0.2) is 0 Å². The molecule has 0 saturated heterocycles. The first-order chi connectivity index (χ1) is 9.92. The van der Waals surface area contributed by atoms with Gasteiger partial charge in [-0.15, -0.1) is 0 Å². The third-order valence-corrected chi connectivity index (χ3v) is 3.76. The fourth-order valence-corrected chi connectivity index (χ4v) is 2.60. The van der Waals surface area contributed by atoms with Crippen molar-refractivity contribution in [3.05, 3.63) is 12.2 Å². The zero-order valence-corrected chi connectivity index (χ0v) is 11.8. The van der Waals surface area contributed by atoms with E-state index in [0.29, 0.717) is 0 Å². The van der Waals surface area contributed by atoms with Gasteiger partial charge in [-0.3, -0.25) is 14.1 Å². The summed E-state index contributed by atoms with van der Waals surface area (Å²) in [7, 11) is -5.04. The Labute approximate surface area is 123 Å². The Morgan fingerprint density at radius 2 is 1.73 bits per heavy atom. The first-order valence-corrected chi connectivity index (χ1v) is 7.63. The predicted octanol–water partition coefficient (Wildman–Crippen LogP) is 1.02. The summed E-state index contributed by atoms with van der Waals surface area (Å²) < 4.78 is 71.7. The van der Waals surface area contributed by atoms with Gasteiger partial charge in [-0.25, -0.2) is 0 Å². The van der Waals surface area contributed by atoms with E-state index in [-0.39, 0.29) is 12.8 Å². The highest BCUT2D eigenvalue weighted by Gasteiger charge is 2.47. The topological polar surface area (TPSA) is 118 Å². The molecule has 1 rings (SSSR count). The van der Waals surface area contributed by atoms with Crippen molar-refractivity contribution in [2.45, 2.75) is 25.1 Å². The average molecular weight is 346 g/mol. The average Bonchev–Trinajstić information content (AvgIpc) is 2.35. The van der Waals surface area contributed by atoms with Gasteiger partial charge in [0.05, 0.1) is 11.8 Å². The highest BCUT2D eigenvalue weighted by Crippen LogP contribution is 2.30. The second kappa shape index (κ2) is 6.65. The number of carboxylic acid groups (broad SMARTS) is 1. The molecule has 0 amide bonds. The third-order valence-electron chi connectivity index (χ3n) is 3.04. The Balaban J connectivity index is 2.90. The summed E-state index contributed by atoms with van der Waals surface area (Å²) in [5.41, 5.74) is 0. The zero-order valence-electron chi connectivity index (χ0n) is 11.0. The van der Waals surface area contributed by atoms with E-state index >= 15 is 0 Å². The monoisotopic (exact) mass is 346 g/mol. The van der Waals surface area contributed by atoms with Crippen molar-refractivity contribution in [2.75, 3.05) is 5.75 Å². The molecular formula is C11H13F3O7S. The summed E-state index contributed by atoms with van der Waals surface area (Å²) in [6.45, 7) is 0. The molecule has 126 valence electrons. The van der Waals surface area contributed by atoms with Crippen LogP contribution in [0.5, 0.6) is 0 Å². The van der Waals surface area contributed by atoms with Gasteiger partial charge in [0.1, 0.15) is 5.75 Å². The van der Waals surface area contributed by atoms with E-state index in [9.17, 15) is 31.2 Å². The number of hydrogen-bond donors (Lipinski definition) is 2. The highest BCUT2D eigenvalue weighted by molar-refractivity contribution is 7.85. The van der Waals surface area contributed by atoms with Gasteiger partial charge in [-0.05, 0) is 12.8 Å². The number of carbonyl (C=O) groups is 2. The van der Waals surface area contributed by atoms with Gasteiger partial charge in [0.25, 0.3) is 10.1 Å². The summed E-state index contributed by atoms with van der Waals surface area (Å²) in [6.07, 6.45) is -5.56. The molecule has 0 spiro atoms. The first-order valence-electron chi connectivity index (χ1n) is 6.02. The minimum Gasteiger partial charge on any atom is -0.481 e. The van der Waals surface area contributed by atoms with E-state index in [2.05, 4.69) is 4.74 Å². The number of alkyl halides is 3. The number of esters is 1. The fraction of sp³-hybridized carbons (Fsp3) is 0.636. The molecule has 2 N–H and O–H groups in total. The molecule has 0 bridgehead atoms. The van der Waals surface area contributed by atoms with Crippen LogP contribution in [0.25, 0.3) is 0 Å². The van der Waals surface area contributed by atoms with Gasteiger partial charge in [0.2, 0.25) is 6.10 Å². The van der Waals surface area contributed by atoms with Crippen molar-refractivity contribution in [2.24, 2.45) is 11.8 Å². The van der Waals surface area contributed by atoms with Crippen LogP contribution in [0.2, 0.25) is 0 Å². The maximum absolute atomic E-state index is 12.7. The SMILES string of the molecule is O=C(O)C1CC=CCC1C(=O)OC(CS(=O)(=O)O)C(F)(F)F. The molecule has 1 aliphatic rings. The third kappa shape index (κ3) is 5.30. The maximum atomic E-state index is 12.7. The van der Waals surface area contributed by atoms with Crippen molar-refractivity contribution in [3.8, 4) is 0 Å². The molecule has 0 aromatic carbocycles. The number of aliphatic carboxylic acids is 1. The number of hydrogen-bond acceptors (Lipinski definition) is 5. The summed E-state index contributed by atoms with van der Waals surface area (Å²) in [4.78, 5) is 22.7. The number of halogens is 3. The fourth-order valence-electron chi connectivity index (χ4n) is 1.96. The van der Waals surface area contributed by atoms with Crippen LogP contribution in [0.1, 0.15) is 12.8 Å². The summed E-state index contributed by atoms with van der Waals surface area (Å²) in [5, 5.41) is 8.94. The second-order valence-corrected chi connectivity index (χ2v) is 6.21. The largest absolute Gasteiger partial charge is 0.481 e. The Kier molecular flexibility index (Phi) is 5.57. The zero-order chi connectivity index (χ0) is 17.1. The standard InChI is InChI=1S/C11H13F3O7S/c12-11(13,14)8(5-22(18,19)20)21-10(17)7-4-2-1-3-6(7)9(15)16/h1-2,6-8H,3-5H2,(H,15,16)(H,18,19,20). The summed E-state index contributed by atoms with van der Waals surface area (Å²) >= 11 is 0. The number of rotatable bonds is 5. The quantitative estimate of drug-likeness (QED) is 0.433. The van der Waals surface area contributed by atoms with Gasteiger partial charge >= 0.3 is 18.1 Å². The molecule has 11 heteroatoms. The Bertz CT molecular complexity index is 567. The Hall–Kier alpha value is -1.62. The summed E-state index contributed by atoms with van der Waals surface area (Å²) in [6, 6.07) is 0. The highest BCUT2D eigenvalue weighted by atomic mass is 32.2. The van der Waals surface area contributed by atoms with Crippen LogP contribution in [0.15, 0.2) is 12.2 Å². The molecule has 0 aromatic heterocycles. The van der Waals surface area contributed by atoms with Crippen LogP contribution < -0.4 is 0 Å². The lowest BCUT2D eigenvalue weighted by Gasteiger charge is -2.26. The maximum Gasteiger partial charge on any atom is 0.426 e. The summed E-state index contributed by atoms with van der Waals surface area (Å²) in [5.74, 6) is -7.29. The van der Waals surface area contributed by atoms with E-state index in [4.69, 9.17) is 9.66 Å². The van der Waals surface area contributed by atoms with E-state index in [1.54, 1.807) is 0 Å². The van der Waals surface area contributed by atoms with E-state index in [0.717, 1.165) is 0 Å². The van der Waals surface area contributed by atoms with E-state index in [1.807, 2.05) is 0 Å².